The van der Waals surface area contributed by atoms with Gasteiger partial charge in [-0.1, -0.05) is 24.4 Å². The molecule has 3 aliphatic rings. The van der Waals surface area contributed by atoms with E-state index >= 15 is 0 Å². The molecule has 31 heavy (non-hydrogen) atoms. The Morgan fingerprint density at radius 1 is 1.19 bits per heavy atom. The van der Waals surface area contributed by atoms with Crippen molar-refractivity contribution in [2.45, 2.75) is 63.4 Å². The molecule has 0 spiro atoms. The molecule has 2 heterocycles. The molecule has 0 radical (unpaired) electrons. The maximum Gasteiger partial charge on any atom is 0.339 e. The Bertz CT molecular complexity index is 1080. The molecule has 2 aliphatic carbocycles. The van der Waals surface area contributed by atoms with Crippen molar-refractivity contribution in [3.05, 3.63) is 38.7 Å². The second kappa shape index (κ2) is 8.14. The van der Waals surface area contributed by atoms with Crippen LogP contribution in [-0.2, 0) is 17.6 Å². The van der Waals surface area contributed by atoms with Crippen LogP contribution in [0.2, 0.25) is 5.02 Å². The number of fused-ring (bicyclic) bond motifs is 4. The molecule has 2 atom stereocenters. The van der Waals surface area contributed by atoms with Crippen LogP contribution in [0.15, 0.2) is 21.3 Å². The molecule has 1 saturated carbocycles. The number of halogens is 1. The lowest BCUT2D eigenvalue weighted by Crippen LogP contribution is -2.55. The van der Waals surface area contributed by atoms with Gasteiger partial charge in [0.2, 0.25) is 0 Å². The van der Waals surface area contributed by atoms with Crippen LogP contribution >= 0.6 is 11.6 Å². The number of amides is 1. The number of benzene rings is 1. The zero-order valence-corrected chi connectivity index (χ0v) is 18.4. The Balaban J connectivity index is 1.31. The van der Waals surface area contributed by atoms with Crippen LogP contribution < -0.4 is 10.4 Å². The number of hydrogen-bond acceptors (Lipinski definition) is 5. The number of hydrogen-bond donors (Lipinski definition) is 1. The Kier molecular flexibility index (Phi) is 5.47. The van der Waals surface area contributed by atoms with Crippen LogP contribution in [0.4, 0.5) is 0 Å². The average Bonchev–Trinajstić information content (AvgIpc) is 2.77. The van der Waals surface area contributed by atoms with Crippen molar-refractivity contribution in [3.8, 4) is 5.75 Å². The molecule has 0 bridgehead atoms. The third-order valence-electron chi connectivity index (χ3n) is 7.41. The minimum atomic E-state index is -0.617. The predicted octanol–water partition coefficient (Wildman–Crippen LogP) is 3.86. The lowest BCUT2D eigenvalue weighted by atomic mass is 9.71. The summed E-state index contributed by atoms with van der Waals surface area (Å²) in [5.41, 5.74) is 1.32. The Hall–Kier alpha value is -2.05. The van der Waals surface area contributed by atoms with E-state index in [0.29, 0.717) is 35.9 Å². The van der Waals surface area contributed by atoms with Gasteiger partial charge >= 0.3 is 5.63 Å². The molecular formula is C24H28ClNO5. The topological polar surface area (TPSA) is 80.0 Å². The van der Waals surface area contributed by atoms with Crippen LogP contribution in [0.25, 0.3) is 11.0 Å². The van der Waals surface area contributed by atoms with Gasteiger partial charge in [-0.25, -0.2) is 4.79 Å². The molecule has 1 N–H and O–H groups in total. The van der Waals surface area contributed by atoms with Gasteiger partial charge in [-0.2, -0.15) is 0 Å². The number of rotatable bonds is 3. The molecule has 1 aromatic carbocycles. The largest absolute Gasteiger partial charge is 0.482 e. The number of aryl methyl sites for hydroxylation is 1. The van der Waals surface area contributed by atoms with E-state index in [1.807, 2.05) is 0 Å². The quantitative estimate of drug-likeness (QED) is 0.725. The molecule has 1 aliphatic heterocycles. The molecule has 5 rings (SSSR count). The minimum absolute atomic E-state index is 0.115. The number of aliphatic hydroxyl groups is 1. The van der Waals surface area contributed by atoms with Gasteiger partial charge in [0.1, 0.15) is 11.3 Å². The van der Waals surface area contributed by atoms with Crippen molar-refractivity contribution in [1.29, 1.82) is 0 Å². The third kappa shape index (κ3) is 3.85. The minimum Gasteiger partial charge on any atom is -0.482 e. The van der Waals surface area contributed by atoms with Gasteiger partial charge in [-0.3, -0.25) is 4.79 Å². The standard InChI is InChI=1S/C24H28ClNO5/c25-19-11-18-16-6-1-2-7-17(16)23(28)31-20(18)12-21(19)30-14-22(27)26-10-9-24(29)8-4-3-5-15(24)13-26/h11-12,15,29H,1-10,13-14H2/t15-,24+/m1/s1. The summed E-state index contributed by atoms with van der Waals surface area (Å²) >= 11 is 6.46. The first-order valence-electron chi connectivity index (χ1n) is 11.4. The fraction of sp³-hybridized carbons (Fsp3) is 0.583. The van der Waals surface area contributed by atoms with Gasteiger partial charge in [-0.15, -0.1) is 0 Å². The average molecular weight is 446 g/mol. The van der Waals surface area contributed by atoms with Gasteiger partial charge in [0.25, 0.3) is 5.91 Å². The summed E-state index contributed by atoms with van der Waals surface area (Å²) in [5, 5.41) is 12.1. The zero-order valence-electron chi connectivity index (χ0n) is 17.6. The summed E-state index contributed by atoms with van der Waals surface area (Å²) in [5.74, 6) is 0.368. The van der Waals surface area contributed by atoms with E-state index in [4.69, 9.17) is 20.8 Å². The van der Waals surface area contributed by atoms with E-state index in [-0.39, 0.29) is 24.1 Å². The van der Waals surface area contributed by atoms with Gasteiger partial charge in [0.15, 0.2) is 6.61 Å². The number of carbonyl (C=O) groups excluding carboxylic acids is 1. The Morgan fingerprint density at radius 3 is 2.84 bits per heavy atom. The first-order valence-corrected chi connectivity index (χ1v) is 11.7. The number of nitrogens with zero attached hydrogens (tertiary/aromatic N) is 1. The van der Waals surface area contributed by atoms with Crippen LogP contribution in [0.3, 0.4) is 0 Å². The van der Waals surface area contributed by atoms with Crippen LogP contribution in [0.5, 0.6) is 5.75 Å². The number of carbonyl (C=O) groups is 1. The summed E-state index contributed by atoms with van der Waals surface area (Å²) in [6.07, 6.45) is 8.20. The first-order chi connectivity index (χ1) is 14.9. The predicted molar refractivity (Wildman–Crippen MR) is 118 cm³/mol. The fourth-order valence-corrected chi connectivity index (χ4v) is 5.80. The highest BCUT2D eigenvalue weighted by atomic mass is 35.5. The molecule has 6 nitrogen and oxygen atoms in total. The van der Waals surface area contributed by atoms with Crippen molar-refractivity contribution < 1.29 is 19.1 Å². The lowest BCUT2D eigenvalue weighted by molar-refractivity contribution is -0.145. The maximum absolute atomic E-state index is 12.8. The summed E-state index contributed by atoms with van der Waals surface area (Å²) in [7, 11) is 0. The fourth-order valence-electron chi connectivity index (χ4n) is 5.58. The van der Waals surface area contributed by atoms with Gasteiger partial charge in [0.05, 0.1) is 10.6 Å². The van der Waals surface area contributed by atoms with Crippen molar-refractivity contribution in [3.63, 3.8) is 0 Å². The summed E-state index contributed by atoms with van der Waals surface area (Å²) in [4.78, 5) is 26.9. The molecule has 7 heteroatoms. The van der Waals surface area contributed by atoms with Crippen molar-refractivity contribution in [1.82, 2.24) is 4.90 Å². The third-order valence-corrected chi connectivity index (χ3v) is 7.70. The second-order valence-corrected chi connectivity index (χ2v) is 9.66. The van der Waals surface area contributed by atoms with Gasteiger partial charge < -0.3 is 19.2 Å². The van der Waals surface area contributed by atoms with Crippen molar-refractivity contribution >= 4 is 28.5 Å². The molecule has 1 aromatic heterocycles. The molecule has 0 unspecified atom stereocenters. The molecule has 166 valence electrons. The van der Waals surface area contributed by atoms with E-state index in [9.17, 15) is 14.7 Å². The number of likely N-dealkylation sites (tertiary alicyclic amines) is 1. The van der Waals surface area contributed by atoms with Crippen LogP contribution in [0, 0.1) is 5.92 Å². The normalized spacial score (nSPS) is 25.7. The number of ether oxygens (including phenoxy) is 1. The van der Waals surface area contributed by atoms with E-state index in [1.165, 1.54) is 0 Å². The van der Waals surface area contributed by atoms with E-state index in [1.54, 1.807) is 17.0 Å². The summed E-state index contributed by atoms with van der Waals surface area (Å²) in [6, 6.07) is 3.41. The molecule has 2 aromatic rings. The molecule has 1 saturated heterocycles. The highest BCUT2D eigenvalue weighted by molar-refractivity contribution is 6.32. The Labute approximate surface area is 186 Å². The van der Waals surface area contributed by atoms with Gasteiger partial charge in [-0.05, 0) is 56.6 Å². The van der Waals surface area contributed by atoms with Crippen molar-refractivity contribution in [2.75, 3.05) is 19.7 Å². The van der Waals surface area contributed by atoms with Crippen LogP contribution in [-0.4, -0.2) is 41.2 Å². The maximum atomic E-state index is 12.8. The smallest absolute Gasteiger partial charge is 0.339 e. The summed E-state index contributed by atoms with van der Waals surface area (Å²) < 4.78 is 11.3. The van der Waals surface area contributed by atoms with Crippen molar-refractivity contribution in [2.24, 2.45) is 5.92 Å². The zero-order chi connectivity index (χ0) is 21.6. The SMILES string of the molecule is O=C(COc1cc2oc(=O)c3c(c2cc1Cl)CCCC3)N1CC[C@@]2(O)CCCC[C@@H]2C1. The van der Waals surface area contributed by atoms with Crippen LogP contribution in [0.1, 0.15) is 56.1 Å². The van der Waals surface area contributed by atoms with Gasteiger partial charge in [0, 0.05) is 36.0 Å². The molecule has 2 fully saturated rings. The molecule has 1 amide bonds. The first kappa shape index (κ1) is 20.8. The highest BCUT2D eigenvalue weighted by Crippen LogP contribution is 2.40. The van der Waals surface area contributed by atoms with E-state index in [0.717, 1.165) is 67.9 Å². The lowest BCUT2D eigenvalue weighted by Gasteiger charge is -2.47. The highest BCUT2D eigenvalue weighted by Gasteiger charge is 2.43. The monoisotopic (exact) mass is 445 g/mol. The summed E-state index contributed by atoms with van der Waals surface area (Å²) in [6.45, 7) is 0.984. The second-order valence-electron chi connectivity index (χ2n) is 9.26. The van der Waals surface area contributed by atoms with E-state index in [2.05, 4.69) is 0 Å². The Morgan fingerprint density at radius 2 is 2.00 bits per heavy atom. The van der Waals surface area contributed by atoms with E-state index < -0.39 is 5.60 Å². The number of piperidine rings is 1. The molecular weight excluding hydrogens is 418 g/mol.